The van der Waals surface area contributed by atoms with Crippen LogP contribution in [0.2, 0.25) is 0 Å². The maximum absolute atomic E-state index is 13.7. The van der Waals surface area contributed by atoms with Crippen molar-refractivity contribution in [2.45, 2.75) is 76.7 Å². The molecule has 9 heteroatoms. The quantitative estimate of drug-likeness (QED) is 0.624. The van der Waals surface area contributed by atoms with Crippen molar-refractivity contribution in [2.75, 3.05) is 18.8 Å². The zero-order chi connectivity index (χ0) is 23.3. The van der Waals surface area contributed by atoms with Gasteiger partial charge in [0.25, 0.3) is 0 Å². The Morgan fingerprint density at radius 2 is 2.03 bits per heavy atom. The minimum Gasteiger partial charge on any atom is -0.431 e. The number of hydrogen-bond donors (Lipinski definition) is 1. The van der Waals surface area contributed by atoms with Gasteiger partial charge in [-0.05, 0) is 63.0 Å². The van der Waals surface area contributed by atoms with E-state index in [1.807, 2.05) is 0 Å². The Labute approximate surface area is 192 Å². The molecule has 6 nitrogen and oxygen atoms in total. The number of alkyl halides is 3. The Balaban J connectivity index is 1.40. The van der Waals surface area contributed by atoms with E-state index in [0.29, 0.717) is 48.0 Å². The summed E-state index contributed by atoms with van der Waals surface area (Å²) in [6, 6.07) is 4.26. The van der Waals surface area contributed by atoms with Gasteiger partial charge >= 0.3 is 6.61 Å². The number of pyridine rings is 1. The number of hydrogen-bond acceptors (Lipinski definition) is 5. The van der Waals surface area contributed by atoms with E-state index in [1.54, 1.807) is 6.20 Å². The third-order valence-corrected chi connectivity index (χ3v) is 7.90. The van der Waals surface area contributed by atoms with Gasteiger partial charge in [-0.25, -0.2) is 9.37 Å². The number of ether oxygens (including phenoxy) is 1. The third-order valence-electron chi connectivity index (χ3n) is 7.90. The Morgan fingerprint density at radius 3 is 2.73 bits per heavy atom. The molecular formula is C24H32F3N5O. The Hall–Kier alpha value is -2.29. The molecule has 0 radical (unpaired) electrons. The highest BCUT2D eigenvalue weighted by molar-refractivity contribution is 5.64. The predicted octanol–water partition coefficient (Wildman–Crippen LogP) is 5.03. The molecule has 6 unspecified atom stereocenters. The minimum absolute atomic E-state index is 0.0719. The first-order chi connectivity index (χ1) is 15.9. The lowest BCUT2D eigenvalue weighted by molar-refractivity contribution is -0.0494. The van der Waals surface area contributed by atoms with Crippen molar-refractivity contribution >= 4 is 5.82 Å². The number of rotatable bonds is 7. The molecule has 1 aliphatic heterocycles. The van der Waals surface area contributed by atoms with Gasteiger partial charge in [0, 0.05) is 48.5 Å². The first-order valence-corrected chi connectivity index (χ1v) is 12.0. The second-order valence-corrected chi connectivity index (χ2v) is 9.84. The second-order valence-electron chi connectivity index (χ2n) is 9.84. The normalized spacial score (nSPS) is 30.4. The lowest BCUT2D eigenvalue weighted by Crippen LogP contribution is -2.35. The Kier molecular flexibility index (Phi) is 6.01. The Bertz CT molecular complexity index is 998. The molecule has 0 aromatic carbocycles. The van der Waals surface area contributed by atoms with Crippen LogP contribution in [0.1, 0.15) is 63.6 Å². The molecule has 2 saturated carbocycles. The molecule has 2 aliphatic carbocycles. The van der Waals surface area contributed by atoms with E-state index in [-0.39, 0.29) is 17.6 Å². The highest BCUT2D eigenvalue weighted by Gasteiger charge is 2.55. The van der Waals surface area contributed by atoms with Crippen LogP contribution in [0.3, 0.4) is 0 Å². The SMILES string of the molecule is CCC(C)n1nc(-c2cnc(N)c(OC(F)F)c2)cc1C1C2CCC(N3CCC(F)C3)CC21. The van der Waals surface area contributed by atoms with Crippen LogP contribution in [0.15, 0.2) is 18.3 Å². The lowest BCUT2D eigenvalue weighted by Gasteiger charge is -2.30. The van der Waals surface area contributed by atoms with Crippen molar-refractivity contribution in [1.29, 1.82) is 0 Å². The van der Waals surface area contributed by atoms with Crippen molar-refractivity contribution in [1.82, 2.24) is 19.7 Å². The molecule has 2 N–H and O–H groups in total. The number of halogens is 3. The molecule has 0 bridgehead atoms. The number of fused-ring (bicyclic) bond motifs is 1. The van der Waals surface area contributed by atoms with Gasteiger partial charge in [-0.15, -0.1) is 0 Å². The zero-order valence-corrected chi connectivity index (χ0v) is 19.1. The van der Waals surface area contributed by atoms with E-state index in [2.05, 4.69) is 39.2 Å². The molecule has 33 heavy (non-hydrogen) atoms. The summed E-state index contributed by atoms with van der Waals surface area (Å²) >= 11 is 0. The molecule has 2 aromatic rings. The summed E-state index contributed by atoms with van der Waals surface area (Å²) in [6.07, 6.45) is 5.86. The van der Waals surface area contributed by atoms with Gasteiger partial charge in [0.15, 0.2) is 11.6 Å². The fourth-order valence-electron chi connectivity index (χ4n) is 5.93. The van der Waals surface area contributed by atoms with E-state index < -0.39 is 12.8 Å². The number of nitrogens with two attached hydrogens (primary N) is 1. The molecule has 0 spiro atoms. The van der Waals surface area contributed by atoms with Crippen LogP contribution in [-0.2, 0) is 0 Å². The van der Waals surface area contributed by atoms with Crippen LogP contribution in [0.25, 0.3) is 11.3 Å². The van der Waals surface area contributed by atoms with Gasteiger partial charge in [0.05, 0.1) is 5.69 Å². The third kappa shape index (κ3) is 4.32. The van der Waals surface area contributed by atoms with Gasteiger partial charge in [-0.3, -0.25) is 9.58 Å². The molecular weight excluding hydrogens is 431 g/mol. The molecule has 180 valence electrons. The van der Waals surface area contributed by atoms with Gasteiger partial charge in [0.2, 0.25) is 0 Å². The van der Waals surface area contributed by atoms with E-state index in [9.17, 15) is 13.2 Å². The molecule has 5 rings (SSSR count). The van der Waals surface area contributed by atoms with Crippen LogP contribution in [0, 0.1) is 11.8 Å². The van der Waals surface area contributed by atoms with Crippen LogP contribution < -0.4 is 10.5 Å². The van der Waals surface area contributed by atoms with Crippen LogP contribution >= 0.6 is 0 Å². The first kappa shape index (κ1) is 22.5. The van der Waals surface area contributed by atoms with Crippen molar-refractivity contribution in [2.24, 2.45) is 11.8 Å². The number of anilines is 1. The van der Waals surface area contributed by atoms with Gasteiger partial charge < -0.3 is 10.5 Å². The second kappa shape index (κ2) is 8.81. The van der Waals surface area contributed by atoms with Crippen LogP contribution in [0.4, 0.5) is 19.0 Å². The fourth-order valence-corrected chi connectivity index (χ4v) is 5.93. The summed E-state index contributed by atoms with van der Waals surface area (Å²) in [5, 5.41) is 4.86. The molecule has 2 aromatic heterocycles. The summed E-state index contributed by atoms with van der Waals surface area (Å²) in [6.45, 7) is 2.76. The first-order valence-electron chi connectivity index (χ1n) is 12.0. The van der Waals surface area contributed by atoms with Gasteiger partial charge in [-0.2, -0.15) is 13.9 Å². The summed E-state index contributed by atoms with van der Waals surface area (Å²) in [7, 11) is 0. The summed E-state index contributed by atoms with van der Waals surface area (Å²) in [4.78, 5) is 6.38. The largest absolute Gasteiger partial charge is 0.431 e. The molecule has 6 atom stereocenters. The number of likely N-dealkylation sites (tertiary alicyclic amines) is 1. The number of aromatic nitrogens is 3. The van der Waals surface area contributed by atoms with E-state index in [1.165, 1.54) is 11.8 Å². The van der Waals surface area contributed by atoms with Crippen molar-refractivity contribution in [3.63, 3.8) is 0 Å². The maximum atomic E-state index is 13.7. The van der Waals surface area contributed by atoms with E-state index >= 15 is 0 Å². The Morgan fingerprint density at radius 1 is 1.21 bits per heavy atom. The average molecular weight is 464 g/mol. The molecule has 0 amide bonds. The predicted molar refractivity (Wildman–Crippen MR) is 120 cm³/mol. The summed E-state index contributed by atoms with van der Waals surface area (Å²) in [5.74, 6) is 1.46. The molecule has 1 saturated heterocycles. The molecule has 3 fully saturated rings. The van der Waals surface area contributed by atoms with Crippen molar-refractivity contribution in [3.8, 4) is 17.0 Å². The monoisotopic (exact) mass is 463 g/mol. The number of nitrogen functional groups attached to an aromatic ring is 1. The standard InChI is InChI=1S/C24H32F3N5O/c1-3-13(2)32-20(10-19(30-32)14-8-21(33-24(26)27)23(28)29-11-14)22-17-5-4-16(9-18(17)22)31-7-6-15(25)12-31/h8,10-11,13,15-18,22,24H,3-7,9,12H2,1-2H3,(H2,28,29). The highest BCUT2D eigenvalue weighted by Crippen LogP contribution is 2.62. The average Bonchev–Trinajstić information content (AvgIpc) is 3.09. The van der Waals surface area contributed by atoms with Gasteiger partial charge in [-0.1, -0.05) is 6.92 Å². The molecule has 3 heterocycles. The van der Waals surface area contributed by atoms with Crippen molar-refractivity contribution in [3.05, 3.63) is 24.0 Å². The fraction of sp³-hybridized carbons (Fsp3) is 0.667. The van der Waals surface area contributed by atoms with Gasteiger partial charge in [0.1, 0.15) is 6.17 Å². The highest BCUT2D eigenvalue weighted by atomic mass is 19.3. The van der Waals surface area contributed by atoms with E-state index in [4.69, 9.17) is 10.8 Å². The van der Waals surface area contributed by atoms with Crippen molar-refractivity contribution < 1.29 is 17.9 Å². The minimum atomic E-state index is -2.97. The summed E-state index contributed by atoms with van der Waals surface area (Å²) < 4.78 is 45.9. The van der Waals surface area contributed by atoms with Crippen LogP contribution in [-0.4, -0.2) is 51.6 Å². The number of nitrogens with zero attached hydrogens (tertiary/aromatic N) is 4. The molecule has 3 aliphatic rings. The van der Waals surface area contributed by atoms with Crippen LogP contribution in [0.5, 0.6) is 5.75 Å². The maximum Gasteiger partial charge on any atom is 0.387 e. The van der Waals surface area contributed by atoms with E-state index in [0.717, 1.165) is 32.2 Å². The lowest BCUT2D eigenvalue weighted by atomic mass is 9.94. The summed E-state index contributed by atoms with van der Waals surface area (Å²) in [5.41, 5.74) is 8.21. The smallest absolute Gasteiger partial charge is 0.387 e. The zero-order valence-electron chi connectivity index (χ0n) is 19.1. The topological polar surface area (TPSA) is 69.2 Å².